The van der Waals surface area contributed by atoms with Gasteiger partial charge in [-0.3, -0.25) is 5.43 Å². The number of nitrogens with zero attached hydrogens (tertiary/aromatic N) is 2. The zero-order valence-corrected chi connectivity index (χ0v) is 12.2. The standard InChI is InChI=1S/C13H17N5O2S/c14-18-13-16-11-4-2-1-3-10(11)12(17-13)15-7-9-5-6-21(19,20)8-9/h1-4,9H,5-8,14H2,(H2,15,16,17,18). The van der Waals surface area contributed by atoms with Gasteiger partial charge in [-0.15, -0.1) is 0 Å². The molecule has 8 heteroatoms. The van der Waals surface area contributed by atoms with E-state index in [0.29, 0.717) is 24.7 Å². The van der Waals surface area contributed by atoms with E-state index in [1.807, 2.05) is 24.3 Å². The minimum absolute atomic E-state index is 0.123. The van der Waals surface area contributed by atoms with Gasteiger partial charge in [0.25, 0.3) is 0 Å². The number of benzene rings is 1. The lowest BCUT2D eigenvalue weighted by Gasteiger charge is -2.13. The van der Waals surface area contributed by atoms with Crippen molar-refractivity contribution in [2.45, 2.75) is 6.42 Å². The fraction of sp³-hybridized carbons (Fsp3) is 0.385. The SMILES string of the molecule is NNc1nc(NCC2CCS(=O)(=O)C2)c2ccccc2n1. The Morgan fingerprint density at radius 3 is 2.81 bits per heavy atom. The number of anilines is 2. The molecule has 4 N–H and O–H groups in total. The number of hydrogen-bond acceptors (Lipinski definition) is 7. The molecule has 1 aliphatic rings. The molecular weight excluding hydrogens is 290 g/mol. The summed E-state index contributed by atoms with van der Waals surface area (Å²) in [6, 6.07) is 7.60. The average Bonchev–Trinajstić information content (AvgIpc) is 2.83. The van der Waals surface area contributed by atoms with Crippen LogP contribution in [0.3, 0.4) is 0 Å². The zero-order chi connectivity index (χ0) is 14.9. The Bertz CT molecular complexity index is 762. The lowest BCUT2D eigenvalue weighted by atomic mass is 10.1. The lowest BCUT2D eigenvalue weighted by molar-refractivity contribution is 0.596. The molecule has 1 aliphatic heterocycles. The number of hydrogen-bond donors (Lipinski definition) is 3. The number of fused-ring (bicyclic) bond motifs is 1. The molecule has 21 heavy (non-hydrogen) atoms. The molecule has 112 valence electrons. The Balaban J connectivity index is 1.83. The average molecular weight is 307 g/mol. The Labute approximate surface area is 122 Å². The first-order chi connectivity index (χ1) is 10.1. The van der Waals surface area contributed by atoms with Gasteiger partial charge in [-0.05, 0) is 24.5 Å². The number of hydrazine groups is 1. The number of rotatable bonds is 4. The first-order valence-electron chi connectivity index (χ1n) is 6.75. The van der Waals surface area contributed by atoms with E-state index in [9.17, 15) is 8.42 Å². The van der Waals surface area contributed by atoms with Crippen molar-refractivity contribution in [1.82, 2.24) is 9.97 Å². The summed E-state index contributed by atoms with van der Waals surface area (Å²) in [7, 11) is -2.86. The van der Waals surface area contributed by atoms with E-state index in [-0.39, 0.29) is 17.4 Å². The van der Waals surface area contributed by atoms with Crippen LogP contribution in [0.5, 0.6) is 0 Å². The Morgan fingerprint density at radius 2 is 2.10 bits per heavy atom. The second-order valence-corrected chi connectivity index (χ2v) is 7.44. The molecule has 0 bridgehead atoms. The molecule has 0 saturated carbocycles. The molecule has 0 aliphatic carbocycles. The number of nitrogens with one attached hydrogen (secondary N) is 2. The molecule has 1 saturated heterocycles. The number of nitrogens with two attached hydrogens (primary N) is 1. The maximum absolute atomic E-state index is 11.5. The van der Waals surface area contributed by atoms with Crippen molar-refractivity contribution in [3.05, 3.63) is 24.3 Å². The summed E-state index contributed by atoms with van der Waals surface area (Å²) < 4.78 is 23.0. The van der Waals surface area contributed by atoms with Crippen LogP contribution in [0.25, 0.3) is 10.9 Å². The van der Waals surface area contributed by atoms with Crippen molar-refractivity contribution in [3.63, 3.8) is 0 Å². The van der Waals surface area contributed by atoms with Gasteiger partial charge >= 0.3 is 0 Å². The van der Waals surface area contributed by atoms with Crippen LogP contribution >= 0.6 is 0 Å². The number of para-hydroxylation sites is 1. The Kier molecular flexibility index (Phi) is 3.64. The van der Waals surface area contributed by atoms with Crippen molar-refractivity contribution >= 4 is 32.5 Å². The third-order valence-electron chi connectivity index (χ3n) is 3.62. The first kappa shape index (κ1) is 14.0. The zero-order valence-electron chi connectivity index (χ0n) is 11.4. The lowest BCUT2D eigenvalue weighted by Crippen LogP contribution is -2.18. The third-order valence-corrected chi connectivity index (χ3v) is 5.45. The Morgan fingerprint density at radius 1 is 1.29 bits per heavy atom. The van der Waals surface area contributed by atoms with Crippen molar-refractivity contribution in [2.24, 2.45) is 11.8 Å². The van der Waals surface area contributed by atoms with E-state index in [1.54, 1.807) is 0 Å². The predicted octanol–water partition coefficient (Wildman–Crippen LogP) is 0.762. The smallest absolute Gasteiger partial charge is 0.239 e. The normalized spacial score (nSPS) is 20.5. The van der Waals surface area contributed by atoms with Crippen molar-refractivity contribution in [1.29, 1.82) is 0 Å². The highest BCUT2D eigenvalue weighted by atomic mass is 32.2. The van der Waals surface area contributed by atoms with Crippen molar-refractivity contribution in [3.8, 4) is 0 Å². The minimum atomic E-state index is -2.86. The molecule has 2 aromatic rings. The second-order valence-electron chi connectivity index (χ2n) is 5.21. The van der Waals surface area contributed by atoms with Gasteiger partial charge in [0.2, 0.25) is 5.95 Å². The quantitative estimate of drug-likeness (QED) is 0.565. The van der Waals surface area contributed by atoms with E-state index in [0.717, 1.165) is 10.9 Å². The van der Waals surface area contributed by atoms with Gasteiger partial charge < -0.3 is 5.32 Å². The van der Waals surface area contributed by atoms with Gasteiger partial charge in [0.05, 0.1) is 17.0 Å². The summed E-state index contributed by atoms with van der Waals surface area (Å²) in [4.78, 5) is 8.58. The molecule has 1 unspecified atom stereocenters. The molecule has 7 nitrogen and oxygen atoms in total. The van der Waals surface area contributed by atoms with Crippen molar-refractivity contribution in [2.75, 3.05) is 28.8 Å². The van der Waals surface area contributed by atoms with Crippen LogP contribution in [-0.4, -0.2) is 36.4 Å². The van der Waals surface area contributed by atoms with Crippen LogP contribution in [0.2, 0.25) is 0 Å². The van der Waals surface area contributed by atoms with Crippen LogP contribution in [0.15, 0.2) is 24.3 Å². The molecule has 0 radical (unpaired) electrons. The van der Waals surface area contributed by atoms with E-state index in [4.69, 9.17) is 5.84 Å². The predicted molar refractivity (Wildman–Crippen MR) is 82.6 cm³/mol. The molecular formula is C13H17N5O2S. The van der Waals surface area contributed by atoms with Gasteiger partial charge in [-0.2, -0.15) is 4.98 Å². The molecule has 2 heterocycles. The summed E-state index contributed by atoms with van der Waals surface area (Å²) in [6.45, 7) is 0.574. The summed E-state index contributed by atoms with van der Waals surface area (Å²) >= 11 is 0. The van der Waals surface area contributed by atoms with Crippen molar-refractivity contribution < 1.29 is 8.42 Å². The monoisotopic (exact) mass is 307 g/mol. The maximum atomic E-state index is 11.5. The van der Waals surface area contributed by atoms with E-state index in [1.165, 1.54) is 0 Å². The fourth-order valence-corrected chi connectivity index (χ4v) is 4.41. The summed E-state index contributed by atoms with van der Waals surface area (Å²) in [5, 5.41) is 4.12. The number of nitrogen functional groups attached to an aromatic ring is 1. The van der Waals surface area contributed by atoms with E-state index >= 15 is 0 Å². The van der Waals surface area contributed by atoms with Gasteiger partial charge in [-0.25, -0.2) is 19.2 Å². The topological polar surface area (TPSA) is 110 Å². The fourth-order valence-electron chi connectivity index (χ4n) is 2.55. The minimum Gasteiger partial charge on any atom is -0.369 e. The molecule has 1 aromatic heterocycles. The number of aromatic nitrogens is 2. The summed E-state index contributed by atoms with van der Waals surface area (Å²) in [5.41, 5.74) is 3.22. The molecule has 1 fully saturated rings. The Hall–Kier alpha value is -1.93. The molecule has 3 rings (SSSR count). The summed E-state index contributed by atoms with van der Waals surface area (Å²) in [6.07, 6.45) is 0.695. The number of sulfone groups is 1. The molecule has 0 amide bonds. The highest BCUT2D eigenvalue weighted by molar-refractivity contribution is 7.91. The van der Waals surface area contributed by atoms with Gasteiger partial charge in [0.1, 0.15) is 5.82 Å². The second kappa shape index (κ2) is 5.45. The maximum Gasteiger partial charge on any atom is 0.239 e. The largest absolute Gasteiger partial charge is 0.369 e. The highest BCUT2D eigenvalue weighted by Crippen LogP contribution is 2.23. The third kappa shape index (κ3) is 3.06. The van der Waals surface area contributed by atoms with Crippen LogP contribution in [-0.2, 0) is 9.84 Å². The van der Waals surface area contributed by atoms with Gasteiger partial charge in [0.15, 0.2) is 9.84 Å². The molecule has 1 atom stereocenters. The van der Waals surface area contributed by atoms with Crippen LogP contribution in [0, 0.1) is 5.92 Å². The highest BCUT2D eigenvalue weighted by Gasteiger charge is 2.27. The van der Waals surface area contributed by atoms with Crippen LogP contribution < -0.4 is 16.6 Å². The van der Waals surface area contributed by atoms with Gasteiger partial charge in [-0.1, -0.05) is 12.1 Å². The van der Waals surface area contributed by atoms with Gasteiger partial charge in [0, 0.05) is 11.9 Å². The molecule has 1 aromatic carbocycles. The van der Waals surface area contributed by atoms with Crippen LogP contribution in [0.4, 0.5) is 11.8 Å². The summed E-state index contributed by atoms with van der Waals surface area (Å²) in [5.74, 6) is 7.02. The van der Waals surface area contributed by atoms with Crippen LogP contribution in [0.1, 0.15) is 6.42 Å². The first-order valence-corrected chi connectivity index (χ1v) is 8.57. The van der Waals surface area contributed by atoms with E-state index in [2.05, 4.69) is 20.7 Å². The van der Waals surface area contributed by atoms with E-state index < -0.39 is 9.84 Å². The molecule has 0 spiro atoms.